The Morgan fingerprint density at radius 2 is 1.61 bits per heavy atom. The maximum atomic E-state index is 13.4. The van der Waals surface area contributed by atoms with E-state index in [0.29, 0.717) is 29.2 Å². The smallest absolute Gasteiger partial charge is 0.308 e. The van der Waals surface area contributed by atoms with Crippen molar-refractivity contribution >= 4 is 11.8 Å². The quantitative estimate of drug-likeness (QED) is 0.355. The fourth-order valence-electron chi connectivity index (χ4n) is 3.35. The molecule has 5 rings (SSSR count). The van der Waals surface area contributed by atoms with E-state index in [0.717, 1.165) is 11.1 Å². The molecule has 0 aliphatic heterocycles. The van der Waals surface area contributed by atoms with E-state index in [9.17, 15) is 14.0 Å². The van der Waals surface area contributed by atoms with E-state index in [1.807, 2.05) is 30.3 Å². The third-order valence-corrected chi connectivity index (χ3v) is 5.17. The topological polar surface area (TPSA) is 128 Å². The molecule has 3 aromatic carbocycles. The summed E-state index contributed by atoms with van der Waals surface area (Å²) in [5.41, 5.74) is 7.39. The molecule has 178 valence electrons. The zero-order chi connectivity index (χ0) is 24.9. The lowest BCUT2D eigenvalue weighted by Gasteiger charge is -2.06. The molecule has 0 aliphatic rings. The summed E-state index contributed by atoms with van der Waals surface area (Å²) in [6.45, 7) is 0.373. The number of hydrogen-bond acceptors (Lipinski definition) is 7. The van der Waals surface area contributed by atoms with Gasteiger partial charge in [-0.05, 0) is 35.0 Å². The van der Waals surface area contributed by atoms with Crippen LogP contribution in [0.2, 0.25) is 0 Å². The van der Waals surface area contributed by atoms with E-state index < -0.39 is 17.6 Å². The number of amides is 2. The molecule has 0 saturated heterocycles. The minimum Gasteiger partial charge on any atom is -0.350 e. The number of halogens is 1. The molecule has 2 N–H and O–H groups in total. The number of nitrogens with zero attached hydrogens (tertiary/aromatic N) is 5. The Hall–Kier alpha value is -5.19. The van der Waals surface area contributed by atoms with Crippen LogP contribution in [-0.2, 0) is 6.54 Å². The summed E-state index contributed by atoms with van der Waals surface area (Å²) >= 11 is 0. The standard InChI is InChI=1S/C25H18FN7O3/c26-20-8-4-7-19(13-20)21-14-22(36-31-21)25(35)29-28-24(34)18-11-9-16(10-12-18)15-33-30-23(27-32-33)17-5-2-1-3-6-17/h1-14H,15H2,(H,28,34)(H,29,35). The third kappa shape index (κ3) is 5.14. The van der Waals surface area contributed by atoms with Gasteiger partial charge in [0.1, 0.15) is 11.5 Å². The second kappa shape index (κ2) is 9.97. The molecule has 0 atom stereocenters. The molecule has 0 radical (unpaired) electrons. The van der Waals surface area contributed by atoms with Crippen LogP contribution in [0.5, 0.6) is 0 Å². The van der Waals surface area contributed by atoms with Gasteiger partial charge in [-0.1, -0.05) is 59.8 Å². The summed E-state index contributed by atoms with van der Waals surface area (Å²) < 4.78 is 18.4. The summed E-state index contributed by atoms with van der Waals surface area (Å²) in [7, 11) is 0. The fourth-order valence-corrected chi connectivity index (χ4v) is 3.35. The molecule has 10 nitrogen and oxygen atoms in total. The third-order valence-electron chi connectivity index (χ3n) is 5.17. The van der Waals surface area contributed by atoms with Crippen LogP contribution < -0.4 is 10.9 Å². The number of hydrazine groups is 1. The maximum absolute atomic E-state index is 13.4. The highest BCUT2D eigenvalue weighted by atomic mass is 19.1. The average Bonchev–Trinajstić information content (AvgIpc) is 3.59. The molecule has 0 unspecified atom stereocenters. The number of tetrazole rings is 1. The second-order valence-electron chi connectivity index (χ2n) is 7.70. The van der Waals surface area contributed by atoms with Gasteiger partial charge < -0.3 is 4.52 Å². The number of rotatable bonds is 6. The Kier molecular flexibility index (Phi) is 6.26. The number of benzene rings is 3. The lowest BCUT2D eigenvalue weighted by molar-refractivity contribution is 0.0825. The molecule has 0 fully saturated rings. The van der Waals surface area contributed by atoms with Gasteiger partial charge in [0.15, 0.2) is 0 Å². The average molecular weight is 483 g/mol. The molecule has 36 heavy (non-hydrogen) atoms. The summed E-state index contributed by atoms with van der Waals surface area (Å²) in [4.78, 5) is 26.2. The number of carbonyl (C=O) groups is 2. The Bertz CT molecular complexity index is 1510. The predicted molar refractivity (Wildman–Crippen MR) is 126 cm³/mol. The van der Waals surface area contributed by atoms with Crippen LogP contribution in [0.25, 0.3) is 22.6 Å². The van der Waals surface area contributed by atoms with Crippen molar-refractivity contribution < 1.29 is 18.5 Å². The van der Waals surface area contributed by atoms with E-state index in [4.69, 9.17) is 4.52 Å². The second-order valence-corrected chi connectivity index (χ2v) is 7.70. The summed E-state index contributed by atoms with van der Waals surface area (Å²) in [5, 5.41) is 16.3. The van der Waals surface area contributed by atoms with Crippen LogP contribution in [0.15, 0.2) is 89.5 Å². The lowest BCUT2D eigenvalue weighted by atomic mass is 10.1. The SMILES string of the molecule is O=C(NNC(=O)c1cc(-c2cccc(F)c2)no1)c1ccc(Cn2nnc(-c3ccccc3)n2)cc1. The Morgan fingerprint density at radius 3 is 2.39 bits per heavy atom. The molecule has 11 heteroatoms. The van der Waals surface area contributed by atoms with Crippen LogP contribution in [0.3, 0.4) is 0 Å². The van der Waals surface area contributed by atoms with Crippen molar-refractivity contribution in [1.82, 2.24) is 36.2 Å². The van der Waals surface area contributed by atoms with E-state index >= 15 is 0 Å². The zero-order valence-electron chi connectivity index (χ0n) is 18.6. The van der Waals surface area contributed by atoms with Crippen molar-refractivity contribution in [3.05, 3.63) is 108 Å². The van der Waals surface area contributed by atoms with E-state index in [-0.39, 0.29) is 5.76 Å². The predicted octanol–water partition coefficient (Wildman–Crippen LogP) is 3.26. The Balaban J connectivity index is 1.16. The van der Waals surface area contributed by atoms with Gasteiger partial charge in [-0.25, -0.2) is 4.39 Å². The number of hydrogen-bond donors (Lipinski definition) is 2. The highest BCUT2D eigenvalue weighted by Gasteiger charge is 2.16. The Morgan fingerprint density at radius 1 is 0.861 bits per heavy atom. The van der Waals surface area contributed by atoms with Gasteiger partial charge in [0.25, 0.3) is 5.91 Å². The van der Waals surface area contributed by atoms with Gasteiger partial charge in [0.05, 0.1) is 6.54 Å². The molecular weight excluding hydrogens is 465 g/mol. The van der Waals surface area contributed by atoms with Crippen LogP contribution >= 0.6 is 0 Å². The van der Waals surface area contributed by atoms with Gasteiger partial charge in [-0.3, -0.25) is 20.4 Å². The lowest BCUT2D eigenvalue weighted by Crippen LogP contribution is -2.41. The molecule has 2 aromatic heterocycles. The number of aromatic nitrogens is 5. The van der Waals surface area contributed by atoms with Gasteiger partial charge in [0, 0.05) is 22.8 Å². The van der Waals surface area contributed by atoms with Crippen molar-refractivity contribution in [2.75, 3.05) is 0 Å². The minimum atomic E-state index is -0.707. The first-order valence-electron chi connectivity index (χ1n) is 10.8. The van der Waals surface area contributed by atoms with Gasteiger partial charge in [-0.2, -0.15) is 4.80 Å². The minimum absolute atomic E-state index is 0.139. The monoisotopic (exact) mass is 483 g/mol. The first-order chi connectivity index (χ1) is 17.5. The normalized spacial score (nSPS) is 10.7. The largest absolute Gasteiger partial charge is 0.350 e. The molecule has 0 saturated carbocycles. The van der Waals surface area contributed by atoms with Gasteiger partial charge in [-0.15, -0.1) is 10.2 Å². The van der Waals surface area contributed by atoms with Crippen molar-refractivity contribution in [1.29, 1.82) is 0 Å². The summed E-state index contributed by atoms with van der Waals surface area (Å²) in [5.74, 6) is -1.28. The highest BCUT2D eigenvalue weighted by Crippen LogP contribution is 2.20. The van der Waals surface area contributed by atoms with Gasteiger partial charge in [0.2, 0.25) is 11.6 Å². The molecule has 2 amide bonds. The molecular formula is C25H18FN7O3. The molecule has 0 spiro atoms. The van der Waals surface area contributed by atoms with Crippen LogP contribution in [-0.4, -0.2) is 37.2 Å². The first kappa shape index (κ1) is 22.6. The zero-order valence-corrected chi connectivity index (χ0v) is 18.6. The van der Waals surface area contributed by atoms with Crippen molar-refractivity contribution in [2.24, 2.45) is 0 Å². The van der Waals surface area contributed by atoms with Crippen LogP contribution in [0, 0.1) is 5.82 Å². The highest BCUT2D eigenvalue weighted by molar-refractivity contribution is 5.98. The summed E-state index contributed by atoms with van der Waals surface area (Å²) in [6.07, 6.45) is 0. The maximum Gasteiger partial charge on any atom is 0.308 e. The Labute approximate surface area is 203 Å². The number of nitrogens with one attached hydrogen (secondary N) is 2. The van der Waals surface area contributed by atoms with Crippen molar-refractivity contribution in [3.8, 4) is 22.6 Å². The fraction of sp³-hybridized carbons (Fsp3) is 0.0400. The van der Waals surface area contributed by atoms with Crippen molar-refractivity contribution in [3.63, 3.8) is 0 Å². The molecule has 2 heterocycles. The van der Waals surface area contributed by atoms with Crippen LogP contribution in [0.4, 0.5) is 4.39 Å². The number of carbonyl (C=O) groups excluding carboxylic acids is 2. The van der Waals surface area contributed by atoms with E-state index in [1.165, 1.54) is 29.1 Å². The van der Waals surface area contributed by atoms with E-state index in [1.54, 1.807) is 30.3 Å². The summed E-state index contributed by atoms with van der Waals surface area (Å²) in [6, 6.07) is 23.3. The van der Waals surface area contributed by atoms with Crippen LogP contribution in [0.1, 0.15) is 26.5 Å². The van der Waals surface area contributed by atoms with Gasteiger partial charge >= 0.3 is 5.91 Å². The molecule has 5 aromatic rings. The molecule has 0 aliphatic carbocycles. The van der Waals surface area contributed by atoms with E-state index in [2.05, 4.69) is 31.4 Å². The van der Waals surface area contributed by atoms with Crippen molar-refractivity contribution in [2.45, 2.75) is 6.54 Å². The first-order valence-corrected chi connectivity index (χ1v) is 10.8. The molecule has 0 bridgehead atoms.